The third-order valence-electron chi connectivity index (χ3n) is 3.47. The zero-order chi connectivity index (χ0) is 18.6. The average Bonchev–Trinajstić information content (AvgIpc) is 2.70. The molecule has 3 rings (SSSR count). The van der Waals surface area contributed by atoms with Gasteiger partial charge in [0.25, 0.3) is 0 Å². The van der Waals surface area contributed by atoms with E-state index in [-0.39, 0.29) is 0 Å². The van der Waals surface area contributed by atoms with Gasteiger partial charge in [0.1, 0.15) is 23.5 Å². The van der Waals surface area contributed by atoms with E-state index in [0.717, 1.165) is 23.3 Å². The summed E-state index contributed by atoms with van der Waals surface area (Å²) in [4.78, 5) is 10.6. The van der Waals surface area contributed by atoms with Crippen LogP contribution < -0.4 is 15.2 Å². The van der Waals surface area contributed by atoms with Crippen LogP contribution in [-0.2, 0) is 6.54 Å². The molecule has 26 heavy (non-hydrogen) atoms. The van der Waals surface area contributed by atoms with Gasteiger partial charge < -0.3 is 15.2 Å². The molecule has 0 amide bonds. The molecular formula is C22H23NO3. The summed E-state index contributed by atoms with van der Waals surface area (Å²) in [5.41, 5.74) is 7.18. The van der Waals surface area contributed by atoms with Gasteiger partial charge in [-0.3, -0.25) is 4.79 Å². The van der Waals surface area contributed by atoms with Crippen molar-refractivity contribution < 1.29 is 14.3 Å². The summed E-state index contributed by atoms with van der Waals surface area (Å²) in [6.45, 7) is 3.19. The van der Waals surface area contributed by atoms with Crippen molar-refractivity contribution in [3.8, 4) is 17.2 Å². The monoisotopic (exact) mass is 349 g/mol. The summed E-state index contributed by atoms with van der Waals surface area (Å²) < 4.78 is 10.9. The SMILES string of the molecule is CCOc1ccccc1CN.O=Cc1cccc(Oc2ccccc2)c1. The molecule has 0 bridgehead atoms. The molecule has 134 valence electrons. The van der Waals surface area contributed by atoms with Crippen molar-refractivity contribution in [3.63, 3.8) is 0 Å². The third kappa shape index (κ3) is 6.07. The zero-order valence-corrected chi connectivity index (χ0v) is 14.8. The lowest BCUT2D eigenvalue weighted by Gasteiger charge is -2.06. The molecule has 0 spiro atoms. The highest BCUT2D eigenvalue weighted by atomic mass is 16.5. The molecule has 4 nitrogen and oxygen atoms in total. The number of rotatable bonds is 6. The van der Waals surface area contributed by atoms with E-state index in [1.165, 1.54) is 0 Å². The summed E-state index contributed by atoms with van der Waals surface area (Å²) in [6, 6.07) is 24.4. The minimum atomic E-state index is 0.538. The van der Waals surface area contributed by atoms with E-state index in [1.54, 1.807) is 18.2 Å². The average molecular weight is 349 g/mol. The van der Waals surface area contributed by atoms with Gasteiger partial charge in [0.05, 0.1) is 6.61 Å². The van der Waals surface area contributed by atoms with Crippen LogP contribution in [0.25, 0.3) is 0 Å². The van der Waals surface area contributed by atoms with Crippen molar-refractivity contribution >= 4 is 6.29 Å². The molecule has 0 atom stereocenters. The fourth-order valence-corrected chi connectivity index (χ4v) is 2.24. The number of hydrogen-bond acceptors (Lipinski definition) is 4. The maximum Gasteiger partial charge on any atom is 0.150 e. The van der Waals surface area contributed by atoms with Gasteiger partial charge in [0.2, 0.25) is 0 Å². The highest BCUT2D eigenvalue weighted by Gasteiger charge is 1.98. The number of benzene rings is 3. The van der Waals surface area contributed by atoms with Gasteiger partial charge in [-0.2, -0.15) is 0 Å². The number of aldehydes is 1. The van der Waals surface area contributed by atoms with Gasteiger partial charge >= 0.3 is 0 Å². The molecule has 0 fully saturated rings. The first-order valence-electron chi connectivity index (χ1n) is 8.45. The highest BCUT2D eigenvalue weighted by Crippen LogP contribution is 2.21. The molecule has 2 N–H and O–H groups in total. The third-order valence-corrected chi connectivity index (χ3v) is 3.47. The van der Waals surface area contributed by atoms with Gasteiger partial charge in [0, 0.05) is 17.7 Å². The fraction of sp³-hybridized carbons (Fsp3) is 0.136. The Balaban J connectivity index is 0.000000197. The van der Waals surface area contributed by atoms with E-state index in [9.17, 15) is 4.79 Å². The van der Waals surface area contributed by atoms with Crippen LogP contribution in [0.3, 0.4) is 0 Å². The molecule has 0 unspecified atom stereocenters. The van der Waals surface area contributed by atoms with Crippen molar-refractivity contribution in [2.45, 2.75) is 13.5 Å². The molecule has 0 saturated heterocycles. The lowest BCUT2D eigenvalue weighted by atomic mass is 10.2. The molecule has 0 aliphatic heterocycles. The Morgan fingerprint density at radius 3 is 2.27 bits per heavy atom. The predicted molar refractivity (Wildman–Crippen MR) is 104 cm³/mol. The van der Waals surface area contributed by atoms with Crippen LogP contribution >= 0.6 is 0 Å². The van der Waals surface area contributed by atoms with Crippen LogP contribution in [-0.4, -0.2) is 12.9 Å². The normalized spacial score (nSPS) is 9.62. The van der Waals surface area contributed by atoms with Crippen LogP contribution in [0.15, 0.2) is 78.9 Å². The topological polar surface area (TPSA) is 61.5 Å². The fourth-order valence-electron chi connectivity index (χ4n) is 2.24. The summed E-state index contributed by atoms with van der Waals surface area (Å²) >= 11 is 0. The quantitative estimate of drug-likeness (QED) is 0.647. The Kier molecular flexibility index (Phi) is 7.90. The summed E-state index contributed by atoms with van der Waals surface area (Å²) in [5.74, 6) is 2.34. The van der Waals surface area contributed by atoms with Gasteiger partial charge in [-0.15, -0.1) is 0 Å². The zero-order valence-electron chi connectivity index (χ0n) is 14.8. The van der Waals surface area contributed by atoms with Crippen molar-refractivity contribution in [3.05, 3.63) is 90.0 Å². The predicted octanol–water partition coefficient (Wildman–Crippen LogP) is 4.84. The van der Waals surface area contributed by atoms with Gasteiger partial charge in [0.15, 0.2) is 0 Å². The number of nitrogens with two attached hydrogens (primary N) is 1. The largest absolute Gasteiger partial charge is 0.494 e. The standard InChI is InChI=1S/C13H10O2.C9H13NO/c14-10-11-5-4-8-13(9-11)15-12-6-2-1-3-7-12;1-2-11-9-6-4-3-5-8(9)7-10/h1-10H;3-6H,2,7,10H2,1H3. The second kappa shape index (κ2) is 10.7. The summed E-state index contributed by atoms with van der Waals surface area (Å²) in [6.07, 6.45) is 0.803. The molecule has 0 aliphatic rings. The van der Waals surface area contributed by atoms with E-state index in [0.29, 0.717) is 24.5 Å². The Bertz CT molecular complexity index is 803. The van der Waals surface area contributed by atoms with Crippen LogP contribution in [0.4, 0.5) is 0 Å². The maximum atomic E-state index is 10.6. The molecule has 3 aromatic rings. The Labute approximate surface area is 154 Å². The van der Waals surface area contributed by atoms with Gasteiger partial charge in [-0.25, -0.2) is 0 Å². The summed E-state index contributed by atoms with van der Waals surface area (Å²) in [5, 5.41) is 0. The van der Waals surface area contributed by atoms with Gasteiger partial charge in [-0.1, -0.05) is 48.5 Å². The number of ether oxygens (including phenoxy) is 2. The molecule has 0 aromatic heterocycles. The van der Waals surface area contributed by atoms with E-state index < -0.39 is 0 Å². The highest BCUT2D eigenvalue weighted by molar-refractivity contribution is 5.75. The smallest absolute Gasteiger partial charge is 0.150 e. The van der Waals surface area contributed by atoms with Crippen molar-refractivity contribution in [2.75, 3.05) is 6.61 Å². The van der Waals surface area contributed by atoms with Crippen LogP contribution in [0.5, 0.6) is 17.2 Å². The number of para-hydroxylation sites is 2. The molecule has 0 saturated carbocycles. The number of hydrogen-bond donors (Lipinski definition) is 1. The lowest BCUT2D eigenvalue weighted by Crippen LogP contribution is -2.01. The van der Waals surface area contributed by atoms with Gasteiger partial charge in [-0.05, 0) is 37.3 Å². The van der Waals surface area contributed by atoms with Crippen LogP contribution in [0.1, 0.15) is 22.8 Å². The minimum absolute atomic E-state index is 0.538. The molecule has 0 heterocycles. The van der Waals surface area contributed by atoms with E-state index in [4.69, 9.17) is 15.2 Å². The minimum Gasteiger partial charge on any atom is -0.494 e. The van der Waals surface area contributed by atoms with Crippen LogP contribution in [0, 0.1) is 0 Å². The lowest BCUT2D eigenvalue weighted by molar-refractivity contribution is 0.112. The van der Waals surface area contributed by atoms with Crippen molar-refractivity contribution in [1.82, 2.24) is 0 Å². The molecular weight excluding hydrogens is 326 g/mol. The van der Waals surface area contributed by atoms with E-state index in [1.807, 2.05) is 67.6 Å². The van der Waals surface area contributed by atoms with E-state index >= 15 is 0 Å². The summed E-state index contributed by atoms with van der Waals surface area (Å²) in [7, 11) is 0. The van der Waals surface area contributed by atoms with Crippen molar-refractivity contribution in [1.29, 1.82) is 0 Å². The number of carbonyl (C=O) groups is 1. The Morgan fingerprint density at radius 1 is 0.885 bits per heavy atom. The second-order valence-corrected chi connectivity index (χ2v) is 5.35. The first-order valence-corrected chi connectivity index (χ1v) is 8.45. The first-order chi connectivity index (χ1) is 12.8. The number of carbonyl (C=O) groups excluding carboxylic acids is 1. The van der Waals surface area contributed by atoms with Crippen molar-refractivity contribution in [2.24, 2.45) is 5.73 Å². The first kappa shape index (κ1) is 19.2. The molecule has 3 aromatic carbocycles. The van der Waals surface area contributed by atoms with E-state index in [2.05, 4.69) is 0 Å². The maximum absolute atomic E-state index is 10.6. The molecule has 0 radical (unpaired) electrons. The second-order valence-electron chi connectivity index (χ2n) is 5.35. The Hall–Kier alpha value is -3.11. The molecule has 4 heteroatoms. The molecule has 0 aliphatic carbocycles. The van der Waals surface area contributed by atoms with Crippen LogP contribution in [0.2, 0.25) is 0 Å². The Morgan fingerprint density at radius 2 is 1.58 bits per heavy atom.